The zero-order valence-corrected chi connectivity index (χ0v) is 25.7. The van der Waals surface area contributed by atoms with Crippen LogP contribution in [0.25, 0.3) is 0 Å². The molecule has 0 saturated heterocycles. The topological polar surface area (TPSA) is 151 Å². The zero-order valence-electron chi connectivity index (χ0n) is 24.1. The fraction of sp³-hybridized carbons (Fsp3) is 0.483. The van der Waals surface area contributed by atoms with E-state index in [0.29, 0.717) is 25.0 Å². The zero-order chi connectivity index (χ0) is 32.6. The van der Waals surface area contributed by atoms with Crippen molar-refractivity contribution in [1.82, 2.24) is 10.6 Å². The molecule has 4 N–H and O–H groups in total. The minimum absolute atomic E-state index is 0.0734. The van der Waals surface area contributed by atoms with Crippen LogP contribution in [0, 0.1) is 35.2 Å². The molecule has 5 atom stereocenters. The van der Waals surface area contributed by atoms with Gasteiger partial charge in [-0.05, 0) is 61.6 Å². The lowest BCUT2D eigenvalue weighted by Crippen LogP contribution is -2.55. The summed E-state index contributed by atoms with van der Waals surface area (Å²) in [6.07, 6.45) is 0.374. The molecule has 240 valence electrons. The van der Waals surface area contributed by atoms with Crippen LogP contribution in [0.15, 0.2) is 35.2 Å². The molecule has 2 aliphatic rings. The Hall–Kier alpha value is -3.36. The normalized spacial score (nSPS) is 23.6. The molecule has 2 fully saturated rings. The maximum Gasteiger partial charge on any atom is 0.407 e. The molecule has 44 heavy (non-hydrogen) atoms. The van der Waals surface area contributed by atoms with Gasteiger partial charge in [0, 0.05) is 29.9 Å². The monoisotopic (exact) mass is 659 g/mol. The van der Waals surface area contributed by atoms with E-state index in [2.05, 4.69) is 20.7 Å². The Labute approximate surface area is 257 Å². The number of hydrogen-bond acceptors (Lipinski definition) is 7. The molecule has 2 bridgehead atoms. The molecule has 0 radical (unpaired) electrons. The number of fused-ring (bicyclic) bond motifs is 2. The first kappa shape index (κ1) is 33.5. The molecule has 0 aromatic heterocycles. The van der Waals surface area contributed by atoms with Crippen LogP contribution in [0.4, 0.5) is 23.7 Å². The SMILES string of the molecule is COC(=O)NC(C(=O)NCC1(O)CC2CC[C@@H](C1)C2S(=O)(=O)c1cc(C(=O)Nc2cc(F)c(F)c(F)c2)ccc1Cl)C(C)C. The number of rotatable bonds is 9. The Bertz CT molecular complexity index is 1540. The highest BCUT2D eigenvalue weighted by Crippen LogP contribution is 2.51. The Morgan fingerprint density at radius 1 is 1.07 bits per heavy atom. The lowest BCUT2D eigenvalue weighted by Gasteiger charge is -2.41. The number of carbonyl (C=O) groups is 3. The van der Waals surface area contributed by atoms with Crippen LogP contribution >= 0.6 is 11.6 Å². The van der Waals surface area contributed by atoms with E-state index in [1.54, 1.807) is 13.8 Å². The van der Waals surface area contributed by atoms with Gasteiger partial charge in [-0.1, -0.05) is 25.4 Å². The van der Waals surface area contributed by atoms with E-state index in [1.165, 1.54) is 19.2 Å². The number of nitrogens with one attached hydrogen (secondary N) is 3. The van der Waals surface area contributed by atoms with Gasteiger partial charge < -0.3 is 25.8 Å². The van der Waals surface area contributed by atoms with Crippen molar-refractivity contribution in [3.05, 3.63) is 58.4 Å². The van der Waals surface area contributed by atoms with Crippen molar-refractivity contribution >= 4 is 45.0 Å². The van der Waals surface area contributed by atoms with Crippen molar-refractivity contribution in [3.8, 4) is 0 Å². The molecule has 2 saturated carbocycles. The van der Waals surface area contributed by atoms with Crippen molar-refractivity contribution in [3.63, 3.8) is 0 Å². The lowest BCUT2D eigenvalue weighted by atomic mass is 9.77. The number of aliphatic hydroxyl groups is 1. The molecule has 4 rings (SSSR count). The van der Waals surface area contributed by atoms with Crippen LogP contribution in [-0.2, 0) is 19.4 Å². The highest BCUT2D eigenvalue weighted by atomic mass is 35.5. The summed E-state index contributed by atoms with van der Waals surface area (Å²) in [4.78, 5) is 37.0. The van der Waals surface area contributed by atoms with Gasteiger partial charge in [0.15, 0.2) is 27.3 Å². The number of anilines is 1. The van der Waals surface area contributed by atoms with E-state index in [4.69, 9.17) is 11.6 Å². The number of halogens is 4. The van der Waals surface area contributed by atoms with E-state index in [-0.39, 0.29) is 46.5 Å². The Morgan fingerprint density at radius 3 is 2.20 bits per heavy atom. The van der Waals surface area contributed by atoms with E-state index < -0.39 is 73.9 Å². The van der Waals surface area contributed by atoms with Crippen LogP contribution in [0.3, 0.4) is 0 Å². The standard InChI is InChI=1S/C29H33ClF3N3O7S/c1-14(2)24(36-28(39)43-3)27(38)34-13-29(40)11-16-4-5-17(12-29)25(16)44(41,42)22-8-15(6-7-19(22)30)26(37)35-18-9-20(31)23(33)21(32)10-18/h6-10,14,16-17,24-25,40H,4-5,11-13H2,1-3H3,(H,34,38)(H,35,37)(H,36,39)/t16-,17?,24?,25?,29?/m0/s1. The molecule has 0 spiro atoms. The molecule has 15 heteroatoms. The summed E-state index contributed by atoms with van der Waals surface area (Å²) in [5.41, 5.74) is -1.94. The molecule has 2 aromatic carbocycles. The molecule has 2 aliphatic carbocycles. The molecule has 3 amide bonds. The Balaban J connectivity index is 1.49. The molecule has 2 aromatic rings. The summed E-state index contributed by atoms with van der Waals surface area (Å²) in [7, 11) is -2.97. The Morgan fingerprint density at radius 2 is 1.66 bits per heavy atom. The fourth-order valence-electron chi connectivity index (χ4n) is 6.21. The third kappa shape index (κ3) is 6.97. The molecule has 0 aliphatic heterocycles. The van der Waals surface area contributed by atoms with Crippen LogP contribution in [0.5, 0.6) is 0 Å². The summed E-state index contributed by atoms with van der Waals surface area (Å²) in [5, 5.41) is 17.7. The number of sulfone groups is 1. The first-order chi connectivity index (χ1) is 20.6. The maximum atomic E-state index is 13.9. The minimum Gasteiger partial charge on any atom is -0.453 e. The number of amides is 3. The number of carbonyl (C=O) groups excluding carboxylic acids is 3. The van der Waals surface area contributed by atoms with Crippen LogP contribution in [0.1, 0.15) is 49.9 Å². The van der Waals surface area contributed by atoms with Crippen molar-refractivity contribution in [2.45, 2.75) is 61.3 Å². The molecular weight excluding hydrogens is 627 g/mol. The second kappa shape index (κ2) is 12.9. The van der Waals surface area contributed by atoms with Gasteiger partial charge in [-0.3, -0.25) is 9.59 Å². The van der Waals surface area contributed by atoms with Gasteiger partial charge in [-0.25, -0.2) is 26.4 Å². The van der Waals surface area contributed by atoms with Gasteiger partial charge in [-0.15, -0.1) is 0 Å². The second-order valence-corrected chi connectivity index (χ2v) is 14.1. The summed E-state index contributed by atoms with van der Waals surface area (Å²) in [5.74, 6) is -7.37. The molecule has 0 heterocycles. The van der Waals surface area contributed by atoms with Crippen LogP contribution < -0.4 is 16.0 Å². The third-order valence-electron chi connectivity index (χ3n) is 8.22. The highest BCUT2D eigenvalue weighted by molar-refractivity contribution is 7.92. The third-order valence-corrected chi connectivity index (χ3v) is 11.1. The first-order valence-electron chi connectivity index (χ1n) is 13.9. The molecule has 4 unspecified atom stereocenters. The summed E-state index contributed by atoms with van der Waals surface area (Å²) in [6, 6.07) is 3.80. The summed E-state index contributed by atoms with van der Waals surface area (Å²) < 4.78 is 72.9. The van der Waals surface area contributed by atoms with Gasteiger partial charge in [0.25, 0.3) is 5.91 Å². The lowest BCUT2D eigenvalue weighted by molar-refractivity contribution is -0.126. The van der Waals surface area contributed by atoms with Crippen LogP contribution in [-0.4, -0.2) is 62.0 Å². The van der Waals surface area contributed by atoms with Gasteiger partial charge in [0.1, 0.15) is 6.04 Å². The maximum absolute atomic E-state index is 13.9. The van der Waals surface area contributed by atoms with E-state index >= 15 is 0 Å². The number of benzene rings is 2. The quantitative estimate of drug-likeness (QED) is 0.295. The molecule has 10 nitrogen and oxygen atoms in total. The second-order valence-electron chi connectivity index (χ2n) is 11.7. The molecular formula is C29H33ClF3N3O7S. The van der Waals surface area contributed by atoms with Gasteiger partial charge in [0.05, 0.1) is 27.9 Å². The highest BCUT2D eigenvalue weighted by Gasteiger charge is 2.54. The van der Waals surface area contributed by atoms with Gasteiger partial charge in [0.2, 0.25) is 5.91 Å². The van der Waals surface area contributed by atoms with Gasteiger partial charge >= 0.3 is 6.09 Å². The van der Waals surface area contributed by atoms with E-state index in [9.17, 15) is 41.1 Å². The number of ether oxygens (including phenoxy) is 1. The smallest absolute Gasteiger partial charge is 0.407 e. The van der Waals surface area contributed by atoms with Crippen molar-refractivity contribution in [2.75, 3.05) is 19.0 Å². The van der Waals surface area contributed by atoms with Crippen molar-refractivity contribution < 1.29 is 45.8 Å². The minimum atomic E-state index is -4.14. The van der Waals surface area contributed by atoms with Crippen molar-refractivity contribution in [2.24, 2.45) is 17.8 Å². The van der Waals surface area contributed by atoms with E-state index in [0.717, 1.165) is 6.07 Å². The number of hydrogen-bond donors (Lipinski definition) is 4. The van der Waals surface area contributed by atoms with Gasteiger partial charge in [-0.2, -0.15) is 0 Å². The average molecular weight is 660 g/mol. The summed E-state index contributed by atoms with van der Waals surface area (Å²) in [6.45, 7) is 3.31. The largest absolute Gasteiger partial charge is 0.453 e. The average Bonchev–Trinajstić information content (AvgIpc) is 3.26. The number of alkyl carbamates (subject to hydrolysis) is 1. The summed E-state index contributed by atoms with van der Waals surface area (Å²) >= 11 is 6.29. The Kier molecular flexibility index (Phi) is 9.86. The van der Waals surface area contributed by atoms with E-state index in [1.807, 2.05) is 0 Å². The van der Waals surface area contributed by atoms with Crippen LogP contribution in [0.2, 0.25) is 5.02 Å². The predicted molar refractivity (Wildman–Crippen MR) is 154 cm³/mol. The predicted octanol–water partition coefficient (Wildman–Crippen LogP) is 4.20. The number of methoxy groups -OCH3 is 1. The van der Waals surface area contributed by atoms with Crippen molar-refractivity contribution in [1.29, 1.82) is 0 Å². The fourth-order valence-corrected chi connectivity index (χ4v) is 9.05. The first-order valence-corrected chi connectivity index (χ1v) is 15.8.